The molecule has 8 heteroatoms. The van der Waals surface area contributed by atoms with Crippen molar-refractivity contribution in [3.63, 3.8) is 0 Å². The van der Waals surface area contributed by atoms with Gasteiger partial charge in [0.2, 0.25) is 0 Å². The van der Waals surface area contributed by atoms with Gasteiger partial charge in [-0.2, -0.15) is 5.10 Å². The molecule has 0 fully saturated rings. The second-order valence-electron chi connectivity index (χ2n) is 5.61. The maximum atomic E-state index is 13.9. The fourth-order valence-corrected chi connectivity index (χ4v) is 2.40. The molecule has 7 nitrogen and oxygen atoms in total. The van der Waals surface area contributed by atoms with E-state index in [4.69, 9.17) is 9.47 Å². The quantitative estimate of drug-likeness (QED) is 0.525. The molecule has 3 rings (SSSR count). The molecule has 1 amide bonds. The molecule has 142 valence electrons. The molecule has 0 aliphatic heterocycles. The van der Waals surface area contributed by atoms with Crippen LogP contribution in [0.25, 0.3) is 11.3 Å². The number of amides is 1. The molecule has 0 bridgehead atoms. The number of halogens is 1. The summed E-state index contributed by atoms with van der Waals surface area (Å²) in [6, 6.07) is 11.3. The Kier molecular flexibility index (Phi) is 5.91. The van der Waals surface area contributed by atoms with Crippen LogP contribution in [-0.4, -0.2) is 36.3 Å². The van der Waals surface area contributed by atoms with Gasteiger partial charge in [0.25, 0.3) is 5.91 Å². The standard InChI is InChI=1S/C20H17FN4O3/c1-27-14-7-13(8-15(9-14)28-2)10-23-25-20(26)19-12-22-11-18(24-19)16-5-3-4-6-17(16)21/h3-12H,1-2H3,(H,25,26)/b23-10+. The molecule has 1 aromatic heterocycles. The largest absolute Gasteiger partial charge is 0.497 e. The van der Waals surface area contributed by atoms with Crippen molar-refractivity contribution in [2.45, 2.75) is 0 Å². The fourth-order valence-electron chi connectivity index (χ4n) is 2.40. The van der Waals surface area contributed by atoms with Gasteiger partial charge < -0.3 is 9.47 Å². The average molecular weight is 380 g/mol. The molecule has 2 aromatic carbocycles. The lowest BCUT2D eigenvalue weighted by Gasteiger charge is -2.06. The first kappa shape index (κ1) is 19.0. The molecular weight excluding hydrogens is 363 g/mol. The van der Waals surface area contributed by atoms with Crippen LogP contribution in [0.4, 0.5) is 4.39 Å². The van der Waals surface area contributed by atoms with Crippen LogP contribution in [-0.2, 0) is 0 Å². The summed E-state index contributed by atoms with van der Waals surface area (Å²) in [7, 11) is 3.08. The highest BCUT2D eigenvalue weighted by Crippen LogP contribution is 2.21. The molecule has 0 radical (unpaired) electrons. The summed E-state index contributed by atoms with van der Waals surface area (Å²) in [5.41, 5.74) is 3.57. The van der Waals surface area contributed by atoms with Crippen molar-refractivity contribution in [3.05, 3.63) is 71.9 Å². The zero-order chi connectivity index (χ0) is 19.9. The first-order valence-electron chi connectivity index (χ1n) is 8.24. The molecule has 0 unspecified atom stereocenters. The Morgan fingerprint density at radius 2 is 1.82 bits per heavy atom. The van der Waals surface area contributed by atoms with Crippen molar-refractivity contribution in [3.8, 4) is 22.8 Å². The lowest BCUT2D eigenvalue weighted by molar-refractivity contribution is 0.0950. The highest BCUT2D eigenvalue weighted by Gasteiger charge is 2.11. The van der Waals surface area contributed by atoms with Crippen molar-refractivity contribution < 1.29 is 18.7 Å². The van der Waals surface area contributed by atoms with E-state index in [2.05, 4.69) is 20.5 Å². The molecule has 0 aliphatic rings. The van der Waals surface area contributed by atoms with Crippen LogP contribution >= 0.6 is 0 Å². The number of hydrogen-bond acceptors (Lipinski definition) is 6. The van der Waals surface area contributed by atoms with Gasteiger partial charge >= 0.3 is 0 Å². The maximum absolute atomic E-state index is 13.9. The van der Waals surface area contributed by atoms with Gasteiger partial charge in [0.1, 0.15) is 23.0 Å². The van der Waals surface area contributed by atoms with Crippen LogP contribution < -0.4 is 14.9 Å². The third-order valence-corrected chi connectivity index (χ3v) is 3.77. The minimum Gasteiger partial charge on any atom is -0.497 e. The SMILES string of the molecule is COc1cc(/C=N/NC(=O)c2cncc(-c3ccccc3F)n2)cc(OC)c1. The minimum absolute atomic E-state index is 0.0149. The Labute approximate surface area is 160 Å². The van der Waals surface area contributed by atoms with E-state index < -0.39 is 11.7 Å². The van der Waals surface area contributed by atoms with Crippen LogP contribution in [0.1, 0.15) is 16.1 Å². The van der Waals surface area contributed by atoms with E-state index in [1.54, 1.807) is 50.6 Å². The zero-order valence-electron chi connectivity index (χ0n) is 15.2. The van der Waals surface area contributed by atoms with Crippen molar-refractivity contribution in [1.29, 1.82) is 0 Å². The van der Waals surface area contributed by atoms with Gasteiger partial charge in [-0.3, -0.25) is 9.78 Å². The van der Waals surface area contributed by atoms with Crippen LogP contribution in [0.2, 0.25) is 0 Å². The summed E-state index contributed by atoms with van der Waals surface area (Å²) in [6.45, 7) is 0. The Bertz CT molecular complexity index is 1000. The minimum atomic E-state index is -0.572. The third-order valence-electron chi connectivity index (χ3n) is 3.77. The smallest absolute Gasteiger partial charge is 0.291 e. The monoisotopic (exact) mass is 380 g/mol. The Morgan fingerprint density at radius 3 is 2.50 bits per heavy atom. The molecule has 0 atom stereocenters. The Balaban J connectivity index is 1.75. The fraction of sp³-hybridized carbons (Fsp3) is 0.100. The number of benzene rings is 2. The lowest BCUT2D eigenvalue weighted by Crippen LogP contribution is -2.19. The van der Waals surface area contributed by atoms with E-state index in [1.807, 2.05) is 0 Å². The number of methoxy groups -OCH3 is 2. The topological polar surface area (TPSA) is 85.7 Å². The molecule has 0 aliphatic carbocycles. The van der Waals surface area contributed by atoms with Gasteiger partial charge in [-0.15, -0.1) is 0 Å². The zero-order valence-corrected chi connectivity index (χ0v) is 15.2. The predicted octanol–water partition coefficient (Wildman–Crippen LogP) is 3.06. The second kappa shape index (κ2) is 8.72. The van der Waals surface area contributed by atoms with E-state index in [0.29, 0.717) is 17.1 Å². The number of nitrogens with zero attached hydrogens (tertiary/aromatic N) is 3. The number of carbonyl (C=O) groups is 1. The molecule has 3 aromatic rings. The summed E-state index contributed by atoms with van der Waals surface area (Å²) >= 11 is 0. The number of ether oxygens (including phenoxy) is 2. The summed E-state index contributed by atoms with van der Waals surface area (Å²) in [5, 5.41) is 3.91. The van der Waals surface area contributed by atoms with Crippen LogP contribution in [0.3, 0.4) is 0 Å². The van der Waals surface area contributed by atoms with Gasteiger partial charge in [0.15, 0.2) is 0 Å². The molecule has 28 heavy (non-hydrogen) atoms. The third kappa shape index (κ3) is 4.47. The Morgan fingerprint density at radius 1 is 1.11 bits per heavy atom. The lowest BCUT2D eigenvalue weighted by atomic mass is 10.1. The highest BCUT2D eigenvalue weighted by molar-refractivity contribution is 5.93. The number of hydrazone groups is 1. The van der Waals surface area contributed by atoms with E-state index >= 15 is 0 Å². The highest BCUT2D eigenvalue weighted by atomic mass is 19.1. The molecule has 0 saturated carbocycles. The van der Waals surface area contributed by atoms with Gasteiger partial charge in [-0.25, -0.2) is 14.8 Å². The first-order valence-corrected chi connectivity index (χ1v) is 8.24. The van der Waals surface area contributed by atoms with Gasteiger partial charge in [0, 0.05) is 17.2 Å². The molecule has 0 saturated heterocycles. The van der Waals surface area contributed by atoms with E-state index in [1.165, 1.54) is 24.7 Å². The first-order chi connectivity index (χ1) is 13.6. The van der Waals surface area contributed by atoms with Gasteiger partial charge in [-0.1, -0.05) is 12.1 Å². The van der Waals surface area contributed by atoms with Crippen molar-refractivity contribution >= 4 is 12.1 Å². The molecule has 0 spiro atoms. The van der Waals surface area contributed by atoms with Crippen molar-refractivity contribution in [2.75, 3.05) is 14.2 Å². The number of carbonyl (C=O) groups excluding carboxylic acids is 1. The number of rotatable bonds is 6. The molecule has 1 N–H and O–H groups in total. The van der Waals surface area contributed by atoms with E-state index in [0.717, 1.165) is 0 Å². The maximum Gasteiger partial charge on any atom is 0.291 e. The van der Waals surface area contributed by atoms with Gasteiger partial charge in [0.05, 0.1) is 38.5 Å². The summed E-state index contributed by atoms with van der Waals surface area (Å²) < 4.78 is 24.3. The predicted molar refractivity (Wildman–Crippen MR) is 102 cm³/mol. The molecular formula is C20H17FN4O3. The summed E-state index contributed by atoms with van der Waals surface area (Å²) in [4.78, 5) is 20.4. The van der Waals surface area contributed by atoms with Crippen molar-refractivity contribution in [2.24, 2.45) is 5.10 Å². The number of hydrogen-bond donors (Lipinski definition) is 1. The Hall–Kier alpha value is -3.81. The number of aromatic nitrogens is 2. The van der Waals surface area contributed by atoms with Crippen molar-refractivity contribution in [1.82, 2.24) is 15.4 Å². The normalized spacial score (nSPS) is 10.7. The average Bonchev–Trinajstić information content (AvgIpc) is 2.73. The summed E-state index contributed by atoms with van der Waals surface area (Å²) in [5.74, 6) is 0.169. The second-order valence-corrected chi connectivity index (χ2v) is 5.61. The van der Waals surface area contributed by atoms with Gasteiger partial charge in [-0.05, 0) is 24.3 Å². The van der Waals surface area contributed by atoms with Crippen LogP contribution in [0.5, 0.6) is 11.5 Å². The van der Waals surface area contributed by atoms with E-state index in [-0.39, 0.29) is 17.0 Å². The van der Waals surface area contributed by atoms with Crippen LogP contribution in [0, 0.1) is 5.82 Å². The van der Waals surface area contributed by atoms with E-state index in [9.17, 15) is 9.18 Å². The number of nitrogens with one attached hydrogen (secondary N) is 1. The molecule has 1 heterocycles. The summed E-state index contributed by atoms with van der Waals surface area (Å²) in [6.07, 6.45) is 4.11. The van der Waals surface area contributed by atoms with Crippen LogP contribution in [0.15, 0.2) is 60.0 Å².